The van der Waals surface area contributed by atoms with Crippen LogP contribution in [0.5, 0.6) is 0 Å². The van der Waals surface area contributed by atoms with E-state index in [1.807, 2.05) is 0 Å². The van der Waals surface area contributed by atoms with Crippen molar-refractivity contribution in [2.45, 2.75) is 84.5 Å². The van der Waals surface area contributed by atoms with Crippen LogP contribution >= 0.6 is 164 Å². The number of carbonyl (C=O) groups excluding carboxylic acids is 6. The van der Waals surface area contributed by atoms with Gasteiger partial charge in [0, 0.05) is 105 Å². The Kier molecular flexibility index (Phi) is 60.9. The highest BCUT2D eigenvalue weighted by atomic mass is 32.2. The quantitative estimate of drug-likeness (QED) is 0.0105. The van der Waals surface area contributed by atoms with Crippen molar-refractivity contribution in [1.82, 2.24) is 0 Å². The molecule has 0 aliphatic carbocycles. The zero-order chi connectivity index (χ0) is 53.8. The van der Waals surface area contributed by atoms with Crippen molar-refractivity contribution in [3.63, 3.8) is 0 Å². The molecule has 0 saturated heterocycles. The van der Waals surface area contributed by atoms with Gasteiger partial charge in [-0.3, -0.25) is 0 Å². The molecule has 4 unspecified atom stereocenters. The van der Waals surface area contributed by atoms with E-state index in [0.29, 0.717) is 88.3 Å². The number of hydrogen-bond donors (Lipinski definition) is 12. The van der Waals surface area contributed by atoms with Crippen molar-refractivity contribution in [2.75, 3.05) is 61.8 Å². The lowest BCUT2D eigenvalue weighted by molar-refractivity contribution is -0.139. The van der Waals surface area contributed by atoms with Crippen LogP contribution in [0.1, 0.15) is 54.4 Å². The van der Waals surface area contributed by atoms with Crippen molar-refractivity contribution < 1.29 is 56.6 Å². The summed E-state index contributed by atoms with van der Waals surface area (Å²) in [5.74, 6) is 0.889. The average molecular weight is 1190 g/mol. The van der Waals surface area contributed by atoms with E-state index in [1.165, 1.54) is 0 Å². The molecule has 0 N–H and O–H groups in total. The Balaban J connectivity index is -0.000000167. The third-order valence-corrected chi connectivity index (χ3v) is 12.1. The summed E-state index contributed by atoms with van der Waals surface area (Å²) in [6, 6.07) is 0. The molecule has 0 aromatic carbocycles. The minimum absolute atomic E-state index is 0.00151. The summed E-state index contributed by atoms with van der Waals surface area (Å²) in [7, 11) is 0. The van der Waals surface area contributed by atoms with Gasteiger partial charge in [0.15, 0.2) is 0 Å². The maximum absolute atomic E-state index is 10.8. The second-order valence-corrected chi connectivity index (χ2v) is 21.7. The Morgan fingerprint density at radius 2 is 0.612 bits per heavy atom. The Morgan fingerprint density at radius 3 is 0.806 bits per heavy atom. The van der Waals surface area contributed by atoms with Crippen LogP contribution in [0.4, 0.5) is 0 Å². The average Bonchev–Trinajstić information content (AvgIpc) is 3.26. The normalized spacial score (nSPS) is 11.5. The van der Waals surface area contributed by atoms with Gasteiger partial charge in [0.2, 0.25) is 0 Å². The molecule has 0 heterocycles. The standard InChI is InChI=1S/C7H12O2S3.5C7H12O2S2/c1-5(2)7(8)9-12-4-6(11)3-10;3*1-5(2)7(8)9-3-6(11)4-10;2*1-5(2)7(8)9-4-3-6(10)11/h6,10-11H,1,3-4H2,2H3;5*6,10-11H,1,3-4H2,2H3. The Morgan fingerprint density at radius 1 is 0.388 bits per heavy atom. The molecule has 0 saturated carbocycles. The van der Waals surface area contributed by atoms with Gasteiger partial charge in [-0.2, -0.15) is 152 Å². The Labute approximate surface area is 470 Å². The van der Waals surface area contributed by atoms with Crippen LogP contribution < -0.4 is 0 Å². The summed E-state index contributed by atoms with van der Waals surface area (Å²) in [6.45, 7) is 31.9. The minimum atomic E-state index is -0.375. The highest BCUT2D eigenvalue weighted by molar-refractivity contribution is 7.99. The summed E-state index contributed by atoms with van der Waals surface area (Å²) in [4.78, 5) is 64.7. The molecule has 67 heavy (non-hydrogen) atoms. The maximum atomic E-state index is 10.8. The van der Waals surface area contributed by atoms with E-state index in [1.54, 1.807) is 41.5 Å². The molecule has 0 aliphatic heterocycles. The third-order valence-electron chi connectivity index (χ3n) is 5.77. The molecule has 0 fully saturated rings. The topological polar surface area (TPSA) is 158 Å². The first kappa shape index (κ1) is 78.2. The first-order chi connectivity index (χ1) is 30.9. The fourth-order valence-corrected chi connectivity index (χ4v) is 4.13. The lowest BCUT2D eigenvalue weighted by atomic mass is 10.4. The highest BCUT2D eigenvalue weighted by Gasteiger charge is 2.10. The van der Waals surface area contributed by atoms with E-state index >= 15 is 0 Å². The van der Waals surface area contributed by atoms with Gasteiger partial charge in [-0.05, 0) is 41.5 Å². The monoisotopic (exact) mass is 1180 g/mol. The second-order valence-electron chi connectivity index (χ2n) is 13.3. The van der Waals surface area contributed by atoms with E-state index < -0.39 is 0 Å². The number of thiol groups is 12. The number of esters is 5. The largest absolute Gasteiger partial charge is 0.462 e. The SMILES string of the molecule is C=C(C)C(=O)OCC(S)CS.C=C(C)C(=O)OCC(S)CS.C=C(C)C(=O)OCC(S)CS.C=C(C)C(=O)OCCC(S)S.C=C(C)C(=O)OCCC(S)S.C=C(C)C(=O)OSCC(S)CS. The second kappa shape index (κ2) is 52.1. The molecule has 0 bridgehead atoms. The molecule has 0 aromatic rings. The van der Waals surface area contributed by atoms with Gasteiger partial charge in [0.05, 0.1) is 25.3 Å². The minimum Gasteiger partial charge on any atom is -0.462 e. The van der Waals surface area contributed by atoms with Gasteiger partial charge in [-0.1, -0.05) is 39.5 Å². The van der Waals surface area contributed by atoms with Crippen LogP contribution in [-0.2, 0) is 56.6 Å². The molecule has 0 aliphatic rings. The highest BCUT2D eigenvalue weighted by Crippen LogP contribution is 2.12. The molecule has 0 aromatic heterocycles. The van der Waals surface area contributed by atoms with E-state index in [-0.39, 0.29) is 85.8 Å². The first-order valence-corrected chi connectivity index (χ1v) is 27.0. The zero-order valence-electron chi connectivity index (χ0n) is 38.9. The number of ether oxygens (including phenoxy) is 5. The van der Waals surface area contributed by atoms with Gasteiger partial charge < -0.3 is 27.9 Å². The van der Waals surface area contributed by atoms with Gasteiger partial charge >= 0.3 is 35.8 Å². The van der Waals surface area contributed by atoms with Crippen LogP contribution in [0.2, 0.25) is 0 Å². The molecule has 4 atom stereocenters. The van der Waals surface area contributed by atoms with Crippen LogP contribution in [0.3, 0.4) is 0 Å². The Hall–Kier alpha value is -0.190. The first-order valence-electron chi connectivity index (χ1n) is 19.4. The molecule has 25 heteroatoms. The summed E-state index contributed by atoms with van der Waals surface area (Å²) in [5, 5.41) is 0.154. The van der Waals surface area contributed by atoms with Gasteiger partial charge in [-0.25, -0.2) is 28.8 Å². The number of hydrogen-bond acceptors (Lipinski definition) is 25. The zero-order valence-corrected chi connectivity index (χ0v) is 50.4. The summed E-state index contributed by atoms with van der Waals surface area (Å²) in [6.07, 6.45) is 1.29. The van der Waals surface area contributed by atoms with E-state index in [0.717, 1.165) is 12.0 Å². The van der Waals surface area contributed by atoms with Gasteiger partial charge in [0.1, 0.15) is 19.8 Å². The lowest BCUT2D eigenvalue weighted by Gasteiger charge is -2.07. The third kappa shape index (κ3) is 63.8. The van der Waals surface area contributed by atoms with E-state index in [2.05, 4.69) is 191 Å². The summed E-state index contributed by atoms with van der Waals surface area (Å²) in [5.41, 5.74) is 2.46. The van der Waals surface area contributed by atoms with Crippen molar-refractivity contribution >= 4 is 199 Å². The predicted molar refractivity (Wildman–Crippen MR) is 321 cm³/mol. The van der Waals surface area contributed by atoms with Crippen LogP contribution in [-0.4, -0.2) is 128 Å². The number of carbonyl (C=O) groups is 6. The fraction of sp³-hybridized carbons (Fsp3) is 0.571. The molecular weight excluding hydrogens is 1110 g/mol. The number of rotatable bonds is 25. The van der Waals surface area contributed by atoms with Gasteiger partial charge in [0.25, 0.3) is 0 Å². The van der Waals surface area contributed by atoms with Crippen LogP contribution in [0, 0.1) is 0 Å². The Bertz CT molecular complexity index is 1390. The summed E-state index contributed by atoms with van der Waals surface area (Å²) < 4.78 is 28.6. The summed E-state index contributed by atoms with van der Waals surface area (Å²) >= 11 is 49.5. The van der Waals surface area contributed by atoms with Gasteiger partial charge in [-0.15, -0.1) is 0 Å². The van der Waals surface area contributed by atoms with Crippen molar-refractivity contribution in [3.05, 3.63) is 72.9 Å². The molecule has 0 rings (SSSR count). The molecular formula is C42H72O12S13. The van der Waals surface area contributed by atoms with E-state index in [9.17, 15) is 28.8 Å². The van der Waals surface area contributed by atoms with Crippen LogP contribution in [0.15, 0.2) is 72.9 Å². The van der Waals surface area contributed by atoms with E-state index in [4.69, 9.17) is 27.9 Å². The lowest BCUT2D eigenvalue weighted by Crippen LogP contribution is -2.15. The molecule has 0 amide bonds. The smallest absolute Gasteiger partial charge is 0.345 e. The van der Waals surface area contributed by atoms with Crippen molar-refractivity contribution in [1.29, 1.82) is 0 Å². The van der Waals surface area contributed by atoms with Crippen molar-refractivity contribution in [3.8, 4) is 0 Å². The molecule has 0 radical (unpaired) electrons. The van der Waals surface area contributed by atoms with Crippen molar-refractivity contribution in [2.24, 2.45) is 0 Å². The fourth-order valence-electron chi connectivity index (χ4n) is 2.09. The van der Waals surface area contributed by atoms with Crippen LogP contribution in [0.25, 0.3) is 0 Å². The maximum Gasteiger partial charge on any atom is 0.345 e. The molecule has 390 valence electrons. The molecule has 12 nitrogen and oxygen atoms in total. The predicted octanol–water partition coefficient (Wildman–Crippen LogP) is 9.35. The molecule has 0 spiro atoms.